The van der Waals surface area contributed by atoms with Crippen molar-refractivity contribution in [1.82, 2.24) is 5.32 Å². The smallest absolute Gasteiger partial charge is 0.249 e. The van der Waals surface area contributed by atoms with Gasteiger partial charge in [0, 0.05) is 0 Å². The molecule has 0 aromatic carbocycles. The van der Waals surface area contributed by atoms with Gasteiger partial charge < -0.3 is 25.7 Å². The first-order valence-electron chi connectivity index (χ1n) is 26.1. The number of hydrogen-bond donors (Lipinski definition) is 5. The molecule has 58 heavy (non-hydrogen) atoms. The predicted molar refractivity (Wildman–Crippen MR) is 251 cm³/mol. The molecule has 5 N–H and O–H groups in total. The summed E-state index contributed by atoms with van der Waals surface area (Å²) < 4.78 is 0. The first kappa shape index (κ1) is 57.1. The van der Waals surface area contributed by atoms with Crippen molar-refractivity contribution in [3.63, 3.8) is 0 Å². The number of allylic oxidation sites excluding steroid dienone is 2. The number of aliphatic hydroxyl groups excluding tert-OH is 4. The molecule has 0 fully saturated rings. The van der Waals surface area contributed by atoms with Crippen molar-refractivity contribution in [3.05, 3.63) is 12.2 Å². The first-order chi connectivity index (χ1) is 28.5. The second-order valence-electron chi connectivity index (χ2n) is 18.2. The average molecular weight is 822 g/mol. The molecule has 6 nitrogen and oxygen atoms in total. The van der Waals surface area contributed by atoms with E-state index < -0.39 is 36.9 Å². The predicted octanol–water partition coefficient (Wildman–Crippen LogP) is 14.5. The third kappa shape index (κ3) is 40.5. The Labute approximate surface area is 362 Å². The Hall–Kier alpha value is -0.950. The lowest BCUT2D eigenvalue weighted by Gasteiger charge is -2.27. The van der Waals surface area contributed by atoms with E-state index in [0.717, 1.165) is 38.5 Å². The molecule has 0 aliphatic carbocycles. The van der Waals surface area contributed by atoms with Crippen LogP contribution >= 0.6 is 0 Å². The molecule has 346 valence electrons. The van der Waals surface area contributed by atoms with Crippen LogP contribution < -0.4 is 5.32 Å². The maximum atomic E-state index is 12.6. The highest BCUT2D eigenvalue weighted by atomic mass is 16.3. The second kappa shape index (κ2) is 47.1. The van der Waals surface area contributed by atoms with E-state index in [4.69, 9.17) is 0 Å². The zero-order chi connectivity index (χ0) is 42.4. The van der Waals surface area contributed by atoms with Gasteiger partial charge in [0.2, 0.25) is 5.91 Å². The highest BCUT2D eigenvalue weighted by Crippen LogP contribution is 2.17. The fourth-order valence-corrected chi connectivity index (χ4v) is 8.35. The topological polar surface area (TPSA) is 110 Å². The third-order valence-corrected chi connectivity index (χ3v) is 12.5. The summed E-state index contributed by atoms with van der Waals surface area (Å²) in [5.74, 6) is -0.587. The van der Waals surface area contributed by atoms with Crippen molar-refractivity contribution in [2.75, 3.05) is 6.61 Å². The Bertz CT molecular complexity index is 837. The van der Waals surface area contributed by atoms with Gasteiger partial charge >= 0.3 is 0 Å². The van der Waals surface area contributed by atoms with Crippen molar-refractivity contribution >= 4 is 5.91 Å². The normalized spacial score (nSPS) is 14.0. The van der Waals surface area contributed by atoms with Crippen LogP contribution in [0.1, 0.15) is 284 Å². The molecule has 0 bridgehead atoms. The molecule has 0 rings (SSSR count). The van der Waals surface area contributed by atoms with Gasteiger partial charge in [-0.15, -0.1) is 0 Å². The molecule has 6 heteroatoms. The number of aliphatic hydroxyl groups is 4. The number of unbranched alkanes of at least 4 members (excludes halogenated alkanes) is 37. The van der Waals surface area contributed by atoms with Gasteiger partial charge in [-0.05, 0) is 38.5 Å². The molecule has 0 heterocycles. The van der Waals surface area contributed by atoms with Gasteiger partial charge in [-0.25, -0.2) is 0 Å². The van der Waals surface area contributed by atoms with Crippen LogP contribution in [0, 0.1) is 0 Å². The maximum Gasteiger partial charge on any atom is 0.249 e. The summed E-state index contributed by atoms with van der Waals surface area (Å²) in [7, 11) is 0. The Kier molecular flexibility index (Phi) is 46.3. The molecule has 1 amide bonds. The summed E-state index contributed by atoms with van der Waals surface area (Å²) in [6, 6.07) is -0.998. The molecule has 0 aliphatic heterocycles. The van der Waals surface area contributed by atoms with Crippen molar-refractivity contribution < 1.29 is 25.2 Å². The number of nitrogens with one attached hydrogen (secondary N) is 1. The number of rotatable bonds is 48. The molecule has 0 spiro atoms. The Balaban J connectivity index is 3.66. The van der Waals surface area contributed by atoms with E-state index in [1.807, 2.05) is 0 Å². The van der Waals surface area contributed by atoms with Gasteiger partial charge in [0.1, 0.15) is 12.2 Å². The Morgan fingerprint density at radius 3 is 1.03 bits per heavy atom. The van der Waals surface area contributed by atoms with Crippen LogP contribution in [0.5, 0.6) is 0 Å². The minimum Gasteiger partial charge on any atom is -0.394 e. The van der Waals surface area contributed by atoms with Crippen LogP contribution in [0.15, 0.2) is 12.2 Å². The van der Waals surface area contributed by atoms with E-state index in [1.165, 1.54) is 218 Å². The van der Waals surface area contributed by atoms with Crippen LogP contribution in [-0.2, 0) is 4.79 Å². The quantitative estimate of drug-likeness (QED) is 0.0310. The van der Waals surface area contributed by atoms with E-state index in [-0.39, 0.29) is 0 Å². The molecular weight excluding hydrogens is 719 g/mol. The first-order valence-corrected chi connectivity index (χ1v) is 26.1. The van der Waals surface area contributed by atoms with E-state index in [9.17, 15) is 25.2 Å². The van der Waals surface area contributed by atoms with Crippen molar-refractivity contribution in [2.24, 2.45) is 0 Å². The molecule has 0 radical (unpaired) electrons. The SMILES string of the molecule is CCCCCCCCCCCCCCCC/C=C/CCCC(O)C(O)C(CO)NC(=O)C(O)CCCCCCCCCCCCCCCCCCCCCCCCC. The zero-order valence-corrected chi connectivity index (χ0v) is 39.1. The monoisotopic (exact) mass is 822 g/mol. The lowest BCUT2D eigenvalue weighted by Crippen LogP contribution is -2.53. The average Bonchev–Trinajstić information content (AvgIpc) is 3.23. The summed E-state index contributed by atoms with van der Waals surface area (Å²) in [4.78, 5) is 12.6. The van der Waals surface area contributed by atoms with Crippen molar-refractivity contribution in [2.45, 2.75) is 308 Å². The molecule has 0 aromatic heterocycles. The second-order valence-corrected chi connectivity index (χ2v) is 18.2. The molecule has 4 atom stereocenters. The summed E-state index contributed by atoms with van der Waals surface area (Å²) in [5, 5.41) is 43.9. The van der Waals surface area contributed by atoms with Gasteiger partial charge in [0.05, 0.1) is 18.8 Å². The Morgan fingerprint density at radius 2 is 0.707 bits per heavy atom. The van der Waals surface area contributed by atoms with Crippen LogP contribution in [0.25, 0.3) is 0 Å². The van der Waals surface area contributed by atoms with E-state index in [2.05, 4.69) is 31.3 Å². The van der Waals surface area contributed by atoms with Crippen molar-refractivity contribution in [1.29, 1.82) is 0 Å². The molecule has 0 aliphatic rings. The number of carbonyl (C=O) groups excluding carboxylic acids is 1. The summed E-state index contributed by atoms with van der Waals surface area (Å²) in [6.07, 6.45) is 54.1. The van der Waals surface area contributed by atoms with Gasteiger partial charge in [-0.3, -0.25) is 4.79 Å². The lowest BCUT2D eigenvalue weighted by atomic mass is 10.00. The molecule has 0 saturated carbocycles. The minimum atomic E-state index is -1.28. The molecular formula is C52H103NO5. The van der Waals surface area contributed by atoms with Gasteiger partial charge in [-0.2, -0.15) is 0 Å². The largest absolute Gasteiger partial charge is 0.394 e. The summed E-state index contributed by atoms with van der Waals surface area (Å²) in [5.41, 5.74) is 0. The number of hydrogen-bond acceptors (Lipinski definition) is 5. The van der Waals surface area contributed by atoms with Crippen LogP contribution in [0.3, 0.4) is 0 Å². The number of amides is 1. The minimum absolute atomic E-state index is 0.369. The summed E-state index contributed by atoms with van der Waals surface area (Å²) >= 11 is 0. The lowest BCUT2D eigenvalue weighted by molar-refractivity contribution is -0.132. The van der Waals surface area contributed by atoms with Gasteiger partial charge in [0.25, 0.3) is 0 Å². The highest BCUT2D eigenvalue weighted by molar-refractivity contribution is 5.80. The van der Waals surface area contributed by atoms with Crippen LogP contribution in [0.2, 0.25) is 0 Å². The van der Waals surface area contributed by atoms with E-state index in [1.54, 1.807) is 0 Å². The van der Waals surface area contributed by atoms with E-state index >= 15 is 0 Å². The maximum absolute atomic E-state index is 12.6. The Morgan fingerprint density at radius 1 is 0.414 bits per heavy atom. The standard InChI is InChI=1S/C52H103NO5/c1-3-5-7-9-11-13-15-17-19-21-23-24-25-26-28-30-32-34-36-38-40-42-44-46-50(56)52(58)53-48(47-54)51(57)49(55)45-43-41-39-37-35-33-31-29-27-22-20-18-16-14-12-10-8-6-4-2/h37,39,48-51,54-57H,3-36,38,40-47H2,1-2H3,(H,53,58)/b39-37+. The summed E-state index contributed by atoms with van der Waals surface area (Å²) in [6.45, 7) is 4.07. The zero-order valence-electron chi connectivity index (χ0n) is 39.1. The molecule has 4 unspecified atom stereocenters. The molecule has 0 saturated heterocycles. The number of carbonyl (C=O) groups is 1. The van der Waals surface area contributed by atoms with Gasteiger partial charge in [0.15, 0.2) is 0 Å². The van der Waals surface area contributed by atoms with Gasteiger partial charge in [-0.1, -0.05) is 257 Å². The third-order valence-electron chi connectivity index (χ3n) is 12.5. The fraction of sp³-hybridized carbons (Fsp3) is 0.942. The van der Waals surface area contributed by atoms with Crippen LogP contribution in [-0.4, -0.2) is 57.3 Å². The molecule has 0 aromatic rings. The van der Waals surface area contributed by atoms with Crippen molar-refractivity contribution in [3.8, 4) is 0 Å². The highest BCUT2D eigenvalue weighted by Gasteiger charge is 2.28. The van der Waals surface area contributed by atoms with E-state index in [0.29, 0.717) is 12.8 Å². The van der Waals surface area contributed by atoms with Crippen LogP contribution in [0.4, 0.5) is 0 Å². The fourth-order valence-electron chi connectivity index (χ4n) is 8.35.